The number of fused-ring (bicyclic) bond motifs is 1. The summed E-state index contributed by atoms with van der Waals surface area (Å²) >= 11 is 6.09. The first-order valence-corrected chi connectivity index (χ1v) is 7.23. The average Bonchev–Trinajstić information content (AvgIpc) is 2.92. The summed E-state index contributed by atoms with van der Waals surface area (Å²) in [5, 5.41) is 9.95. The lowest BCUT2D eigenvalue weighted by Gasteiger charge is -2.07. The molecule has 0 fully saturated rings. The lowest BCUT2D eigenvalue weighted by molar-refractivity contribution is 0.415. The van der Waals surface area contributed by atoms with Crippen molar-refractivity contribution in [3.05, 3.63) is 53.3 Å². The molecule has 110 valence electrons. The van der Waals surface area contributed by atoms with Crippen LogP contribution in [0.4, 0.5) is 0 Å². The molecule has 0 saturated heterocycles. The number of halogens is 1. The van der Waals surface area contributed by atoms with E-state index in [2.05, 4.69) is 11.1 Å². The maximum Gasteiger partial charge on any atom is 0.137 e. The molecule has 2 aromatic heterocycles. The fraction of sp³-hybridized carbons (Fsp3) is 0.176. The standard InChI is InChI=1S/C17H14ClN3O/c1-11(9-19)17-16(12-3-6-14(22-2)7-4-12)20-15-8-5-13(18)10-21(15)17/h3-8,10-11H,1-2H3. The van der Waals surface area contributed by atoms with Gasteiger partial charge in [-0.05, 0) is 43.3 Å². The van der Waals surface area contributed by atoms with Crippen LogP contribution in [0.3, 0.4) is 0 Å². The van der Waals surface area contributed by atoms with Gasteiger partial charge in [0.05, 0.1) is 35.5 Å². The van der Waals surface area contributed by atoms with Crippen molar-refractivity contribution < 1.29 is 4.74 Å². The minimum Gasteiger partial charge on any atom is -0.497 e. The maximum atomic E-state index is 9.34. The third kappa shape index (κ3) is 2.40. The molecule has 0 N–H and O–H groups in total. The largest absolute Gasteiger partial charge is 0.497 e. The number of pyridine rings is 1. The molecule has 0 aliphatic rings. The molecule has 3 rings (SSSR count). The molecular weight excluding hydrogens is 298 g/mol. The van der Waals surface area contributed by atoms with Gasteiger partial charge in [-0.1, -0.05) is 11.6 Å². The number of nitrogens with zero attached hydrogens (tertiary/aromatic N) is 3. The zero-order valence-corrected chi connectivity index (χ0v) is 13.0. The Kier molecular flexibility index (Phi) is 3.74. The van der Waals surface area contributed by atoms with Gasteiger partial charge < -0.3 is 9.14 Å². The van der Waals surface area contributed by atoms with Crippen LogP contribution in [0.1, 0.15) is 18.5 Å². The molecule has 3 aromatic rings. The van der Waals surface area contributed by atoms with Crippen molar-refractivity contribution in [2.75, 3.05) is 7.11 Å². The highest BCUT2D eigenvalue weighted by atomic mass is 35.5. The summed E-state index contributed by atoms with van der Waals surface area (Å²) in [6.07, 6.45) is 1.79. The number of nitriles is 1. The normalized spacial score (nSPS) is 12.1. The van der Waals surface area contributed by atoms with E-state index in [9.17, 15) is 5.26 Å². The number of ether oxygens (including phenoxy) is 1. The Labute approximate surface area is 133 Å². The van der Waals surface area contributed by atoms with E-state index in [1.165, 1.54) is 0 Å². The highest BCUT2D eigenvalue weighted by Crippen LogP contribution is 2.31. The second kappa shape index (κ2) is 5.70. The van der Waals surface area contributed by atoms with Crippen molar-refractivity contribution >= 4 is 17.2 Å². The lowest BCUT2D eigenvalue weighted by Crippen LogP contribution is -1.98. The number of hydrogen-bond acceptors (Lipinski definition) is 3. The van der Waals surface area contributed by atoms with Crippen LogP contribution in [0.25, 0.3) is 16.9 Å². The van der Waals surface area contributed by atoms with Crippen LogP contribution in [-0.4, -0.2) is 16.5 Å². The smallest absolute Gasteiger partial charge is 0.137 e. The summed E-state index contributed by atoms with van der Waals surface area (Å²) in [6.45, 7) is 1.86. The van der Waals surface area contributed by atoms with Crippen molar-refractivity contribution in [2.24, 2.45) is 0 Å². The number of rotatable bonds is 3. The molecule has 0 saturated carbocycles. The SMILES string of the molecule is COc1ccc(-c2nc3ccc(Cl)cn3c2C(C)C#N)cc1. The Morgan fingerprint density at radius 1 is 1.23 bits per heavy atom. The van der Waals surface area contributed by atoms with Gasteiger partial charge in [0, 0.05) is 11.8 Å². The number of hydrogen-bond donors (Lipinski definition) is 0. The Hall–Kier alpha value is -2.51. The molecule has 0 aliphatic heterocycles. The van der Waals surface area contributed by atoms with Crippen LogP contribution in [0.15, 0.2) is 42.6 Å². The summed E-state index contributed by atoms with van der Waals surface area (Å²) in [5.41, 5.74) is 3.34. The van der Waals surface area contributed by atoms with Crippen molar-refractivity contribution in [1.29, 1.82) is 5.26 Å². The van der Waals surface area contributed by atoms with E-state index >= 15 is 0 Å². The van der Waals surface area contributed by atoms with Crippen molar-refractivity contribution in [2.45, 2.75) is 12.8 Å². The topological polar surface area (TPSA) is 50.3 Å². The Morgan fingerprint density at radius 3 is 2.59 bits per heavy atom. The first-order valence-electron chi connectivity index (χ1n) is 6.85. The van der Waals surface area contributed by atoms with Crippen LogP contribution in [0.5, 0.6) is 5.75 Å². The van der Waals surface area contributed by atoms with E-state index in [4.69, 9.17) is 16.3 Å². The van der Waals surface area contributed by atoms with E-state index < -0.39 is 0 Å². The third-order valence-electron chi connectivity index (χ3n) is 3.59. The van der Waals surface area contributed by atoms with E-state index in [0.29, 0.717) is 5.02 Å². The van der Waals surface area contributed by atoms with Crippen LogP contribution in [-0.2, 0) is 0 Å². The van der Waals surface area contributed by atoms with Crippen LogP contribution < -0.4 is 4.74 Å². The van der Waals surface area contributed by atoms with Crippen molar-refractivity contribution in [3.8, 4) is 23.1 Å². The molecule has 4 nitrogen and oxygen atoms in total. The number of methoxy groups -OCH3 is 1. The summed E-state index contributed by atoms with van der Waals surface area (Å²) in [5.74, 6) is 0.482. The van der Waals surface area contributed by atoms with Gasteiger partial charge in [-0.3, -0.25) is 0 Å². The lowest BCUT2D eigenvalue weighted by atomic mass is 10.0. The summed E-state index contributed by atoms with van der Waals surface area (Å²) in [7, 11) is 1.63. The second-order valence-electron chi connectivity index (χ2n) is 5.00. The van der Waals surface area contributed by atoms with E-state index in [-0.39, 0.29) is 5.92 Å². The highest BCUT2D eigenvalue weighted by Gasteiger charge is 2.19. The van der Waals surface area contributed by atoms with E-state index in [1.807, 2.05) is 41.7 Å². The van der Waals surface area contributed by atoms with E-state index in [0.717, 1.165) is 28.3 Å². The fourth-order valence-electron chi connectivity index (χ4n) is 2.47. The molecule has 2 heterocycles. The Bertz CT molecular complexity index is 862. The van der Waals surface area contributed by atoms with Crippen LogP contribution in [0, 0.1) is 11.3 Å². The monoisotopic (exact) mass is 311 g/mol. The number of benzene rings is 1. The number of imidazole rings is 1. The maximum absolute atomic E-state index is 9.34. The van der Waals surface area contributed by atoms with Gasteiger partial charge in [0.2, 0.25) is 0 Å². The molecule has 1 unspecified atom stereocenters. The second-order valence-corrected chi connectivity index (χ2v) is 5.44. The minimum atomic E-state index is -0.300. The highest BCUT2D eigenvalue weighted by molar-refractivity contribution is 6.30. The molecule has 5 heteroatoms. The van der Waals surface area contributed by atoms with Gasteiger partial charge >= 0.3 is 0 Å². The van der Waals surface area contributed by atoms with Gasteiger partial charge in [0.15, 0.2) is 0 Å². The zero-order chi connectivity index (χ0) is 15.7. The van der Waals surface area contributed by atoms with Crippen molar-refractivity contribution in [3.63, 3.8) is 0 Å². The molecule has 0 amide bonds. The van der Waals surface area contributed by atoms with Gasteiger partial charge in [0.25, 0.3) is 0 Å². The molecule has 0 aliphatic carbocycles. The Morgan fingerprint density at radius 2 is 1.95 bits per heavy atom. The molecule has 22 heavy (non-hydrogen) atoms. The zero-order valence-electron chi connectivity index (χ0n) is 12.2. The summed E-state index contributed by atoms with van der Waals surface area (Å²) in [6, 6.07) is 13.6. The van der Waals surface area contributed by atoms with Gasteiger partial charge in [-0.2, -0.15) is 5.26 Å². The summed E-state index contributed by atoms with van der Waals surface area (Å²) in [4.78, 5) is 4.66. The van der Waals surface area contributed by atoms with E-state index in [1.54, 1.807) is 19.4 Å². The molecular formula is C17H14ClN3O. The number of aromatic nitrogens is 2. The van der Waals surface area contributed by atoms with Gasteiger partial charge in [-0.15, -0.1) is 0 Å². The van der Waals surface area contributed by atoms with Crippen molar-refractivity contribution in [1.82, 2.24) is 9.38 Å². The first kappa shape index (κ1) is 14.4. The van der Waals surface area contributed by atoms with Crippen LogP contribution >= 0.6 is 11.6 Å². The predicted octanol–water partition coefficient (Wildman–Crippen LogP) is 4.29. The fourth-order valence-corrected chi connectivity index (χ4v) is 2.63. The molecule has 0 radical (unpaired) electrons. The minimum absolute atomic E-state index is 0.300. The summed E-state index contributed by atoms with van der Waals surface area (Å²) < 4.78 is 7.07. The molecule has 1 aromatic carbocycles. The molecule has 0 spiro atoms. The quantitative estimate of drug-likeness (QED) is 0.725. The van der Waals surface area contributed by atoms with Gasteiger partial charge in [0.1, 0.15) is 11.4 Å². The van der Waals surface area contributed by atoms with Gasteiger partial charge in [-0.25, -0.2) is 4.98 Å². The average molecular weight is 312 g/mol. The van der Waals surface area contributed by atoms with Crippen LogP contribution in [0.2, 0.25) is 5.02 Å². The molecule has 0 bridgehead atoms. The first-order chi connectivity index (χ1) is 10.6. The third-order valence-corrected chi connectivity index (χ3v) is 3.81. The molecule has 1 atom stereocenters. The predicted molar refractivity (Wildman–Crippen MR) is 86.2 cm³/mol. The Balaban J connectivity index is 2.25.